The monoisotopic (exact) mass is 293 g/mol. The van der Waals surface area contributed by atoms with Crippen LogP contribution in [0.2, 0.25) is 0 Å². The molecule has 1 saturated carbocycles. The summed E-state index contributed by atoms with van der Waals surface area (Å²) in [6, 6.07) is 7.16. The number of benzene rings is 1. The first kappa shape index (κ1) is 15.6. The Hall–Kier alpha value is -1.75. The van der Waals surface area contributed by atoms with E-state index in [-0.39, 0.29) is 19.1 Å². The van der Waals surface area contributed by atoms with E-state index in [1.807, 2.05) is 19.1 Å². The Kier molecular flexibility index (Phi) is 5.44. The molecular weight excluding hydrogens is 270 g/mol. The lowest BCUT2D eigenvalue weighted by Gasteiger charge is -2.27. The van der Waals surface area contributed by atoms with Crippen molar-refractivity contribution in [3.8, 4) is 11.5 Å². The van der Waals surface area contributed by atoms with E-state index >= 15 is 0 Å². The molecule has 0 bridgehead atoms. The van der Waals surface area contributed by atoms with Gasteiger partial charge in [0.25, 0.3) is 5.91 Å². The van der Waals surface area contributed by atoms with Crippen LogP contribution in [0.5, 0.6) is 11.5 Å². The maximum atomic E-state index is 11.9. The summed E-state index contributed by atoms with van der Waals surface area (Å²) >= 11 is 0. The maximum absolute atomic E-state index is 11.9. The minimum Gasteiger partial charge on any atom is -0.494 e. The Labute approximate surface area is 125 Å². The number of rotatable bonds is 7. The van der Waals surface area contributed by atoms with Crippen LogP contribution < -0.4 is 14.8 Å². The van der Waals surface area contributed by atoms with E-state index in [2.05, 4.69) is 5.32 Å². The van der Waals surface area contributed by atoms with Crippen LogP contribution in [-0.2, 0) is 4.79 Å². The number of amides is 1. The fourth-order valence-electron chi connectivity index (χ4n) is 2.65. The fraction of sp³-hybridized carbons (Fsp3) is 0.562. The summed E-state index contributed by atoms with van der Waals surface area (Å²) in [7, 11) is 0. The number of hydrogen-bond donors (Lipinski definition) is 2. The molecule has 0 aliphatic heterocycles. The average molecular weight is 293 g/mol. The summed E-state index contributed by atoms with van der Waals surface area (Å²) in [5.41, 5.74) is -0.445. The van der Waals surface area contributed by atoms with E-state index in [9.17, 15) is 9.90 Å². The summed E-state index contributed by atoms with van der Waals surface area (Å²) in [6.45, 7) is 2.48. The van der Waals surface area contributed by atoms with Gasteiger partial charge in [-0.2, -0.15) is 0 Å². The van der Waals surface area contributed by atoms with Crippen LogP contribution in [0.4, 0.5) is 0 Å². The van der Waals surface area contributed by atoms with Crippen LogP contribution in [0, 0.1) is 0 Å². The molecule has 21 heavy (non-hydrogen) atoms. The lowest BCUT2D eigenvalue weighted by molar-refractivity contribution is -0.125. The van der Waals surface area contributed by atoms with Gasteiger partial charge >= 0.3 is 0 Å². The van der Waals surface area contributed by atoms with E-state index in [1.54, 1.807) is 12.1 Å². The highest BCUT2D eigenvalue weighted by Crippen LogP contribution is 2.29. The smallest absolute Gasteiger partial charge is 0.258 e. The van der Waals surface area contributed by atoms with Crippen LogP contribution >= 0.6 is 0 Å². The molecule has 1 fully saturated rings. The fourth-order valence-corrected chi connectivity index (χ4v) is 2.65. The van der Waals surface area contributed by atoms with Gasteiger partial charge in [0.05, 0.1) is 18.8 Å². The molecule has 0 heterocycles. The number of ether oxygens (including phenoxy) is 2. The second-order valence-corrected chi connectivity index (χ2v) is 5.39. The van der Waals surface area contributed by atoms with E-state index in [0.717, 1.165) is 31.4 Å². The molecule has 2 rings (SSSR count). The molecule has 1 aromatic rings. The minimum atomic E-state index is -0.445. The first-order valence-corrected chi connectivity index (χ1v) is 7.45. The summed E-state index contributed by atoms with van der Waals surface area (Å²) in [6.07, 6.45) is 3.75. The highest BCUT2D eigenvalue weighted by molar-refractivity contribution is 5.78. The van der Waals surface area contributed by atoms with Crippen molar-refractivity contribution in [3.05, 3.63) is 24.3 Å². The van der Waals surface area contributed by atoms with Crippen molar-refractivity contribution in [1.82, 2.24) is 5.32 Å². The normalized spacial score (nSPS) is 16.5. The van der Waals surface area contributed by atoms with Crippen molar-refractivity contribution in [2.75, 3.05) is 19.8 Å². The number of nitrogens with one attached hydrogen (secondary N) is 1. The summed E-state index contributed by atoms with van der Waals surface area (Å²) in [5, 5.41) is 12.4. The zero-order valence-electron chi connectivity index (χ0n) is 12.4. The zero-order chi connectivity index (χ0) is 15.1. The largest absolute Gasteiger partial charge is 0.494 e. The van der Waals surface area contributed by atoms with Crippen molar-refractivity contribution in [2.24, 2.45) is 0 Å². The molecule has 1 aliphatic carbocycles. The molecule has 5 heteroatoms. The van der Waals surface area contributed by atoms with Crippen molar-refractivity contribution < 1.29 is 19.4 Å². The number of hydrogen-bond acceptors (Lipinski definition) is 4. The second kappa shape index (κ2) is 7.31. The van der Waals surface area contributed by atoms with Crippen molar-refractivity contribution in [3.63, 3.8) is 0 Å². The van der Waals surface area contributed by atoms with E-state index in [0.29, 0.717) is 12.4 Å². The number of aliphatic hydroxyl groups is 1. The Balaban J connectivity index is 1.80. The Morgan fingerprint density at radius 1 is 1.19 bits per heavy atom. The third-order valence-corrected chi connectivity index (χ3v) is 3.77. The van der Waals surface area contributed by atoms with Gasteiger partial charge in [0, 0.05) is 0 Å². The topological polar surface area (TPSA) is 67.8 Å². The highest BCUT2D eigenvalue weighted by Gasteiger charge is 2.34. The molecule has 2 N–H and O–H groups in total. The molecule has 1 amide bonds. The quantitative estimate of drug-likeness (QED) is 0.805. The van der Waals surface area contributed by atoms with Crippen LogP contribution in [0.25, 0.3) is 0 Å². The summed E-state index contributed by atoms with van der Waals surface area (Å²) in [4.78, 5) is 11.9. The van der Waals surface area contributed by atoms with Crippen molar-refractivity contribution in [1.29, 1.82) is 0 Å². The predicted octanol–water partition coefficient (Wildman–Crippen LogP) is 1.89. The van der Waals surface area contributed by atoms with Crippen LogP contribution in [0.15, 0.2) is 24.3 Å². The van der Waals surface area contributed by atoms with Gasteiger partial charge in [-0.15, -0.1) is 0 Å². The molecule has 0 saturated heterocycles. The molecular formula is C16H23NO4. The van der Waals surface area contributed by atoms with E-state index in [4.69, 9.17) is 9.47 Å². The molecule has 0 aromatic heterocycles. The number of carbonyl (C=O) groups excluding carboxylic acids is 1. The molecule has 5 nitrogen and oxygen atoms in total. The molecule has 1 aromatic carbocycles. The third kappa shape index (κ3) is 4.36. The Morgan fingerprint density at radius 2 is 1.76 bits per heavy atom. The van der Waals surface area contributed by atoms with E-state index < -0.39 is 5.54 Å². The first-order valence-electron chi connectivity index (χ1n) is 7.45. The van der Waals surface area contributed by atoms with Gasteiger partial charge in [-0.3, -0.25) is 4.79 Å². The summed E-state index contributed by atoms with van der Waals surface area (Å²) in [5.74, 6) is 1.21. The highest BCUT2D eigenvalue weighted by atomic mass is 16.5. The Morgan fingerprint density at radius 3 is 2.29 bits per heavy atom. The van der Waals surface area contributed by atoms with Gasteiger partial charge in [0.1, 0.15) is 11.5 Å². The molecule has 116 valence electrons. The number of aliphatic hydroxyl groups excluding tert-OH is 1. The molecule has 0 spiro atoms. The van der Waals surface area contributed by atoms with Crippen LogP contribution in [-0.4, -0.2) is 36.4 Å². The van der Waals surface area contributed by atoms with Gasteiger partial charge in [0.2, 0.25) is 0 Å². The Bertz CT molecular complexity index is 452. The minimum absolute atomic E-state index is 0.0121. The molecule has 1 aliphatic rings. The van der Waals surface area contributed by atoms with Crippen molar-refractivity contribution in [2.45, 2.75) is 38.1 Å². The van der Waals surface area contributed by atoms with E-state index in [1.165, 1.54) is 0 Å². The lowest BCUT2D eigenvalue weighted by Crippen LogP contribution is -2.50. The van der Waals surface area contributed by atoms with Gasteiger partial charge in [-0.25, -0.2) is 0 Å². The third-order valence-electron chi connectivity index (χ3n) is 3.77. The molecule has 0 radical (unpaired) electrons. The van der Waals surface area contributed by atoms with Crippen LogP contribution in [0.1, 0.15) is 32.6 Å². The van der Waals surface area contributed by atoms with Gasteiger partial charge in [0.15, 0.2) is 6.61 Å². The lowest BCUT2D eigenvalue weighted by atomic mass is 9.99. The van der Waals surface area contributed by atoms with Gasteiger partial charge in [-0.1, -0.05) is 12.8 Å². The average Bonchev–Trinajstić information content (AvgIpc) is 2.96. The molecule has 0 unspecified atom stereocenters. The van der Waals surface area contributed by atoms with Crippen molar-refractivity contribution >= 4 is 5.91 Å². The van der Waals surface area contributed by atoms with Gasteiger partial charge in [-0.05, 0) is 44.0 Å². The maximum Gasteiger partial charge on any atom is 0.258 e. The van der Waals surface area contributed by atoms with Gasteiger partial charge < -0.3 is 19.9 Å². The summed E-state index contributed by atoms with van der Waals surface area (Å²) < 4.78 is 10.8. The zero-order valence-corrected chi connectivity index (χ0v) is 12.4. The second-order valence-electron chi connectivity index (χ2n) is 5.39. The predicted molar refractivity (Wildman–Crippen MR) is 79.5 cm³/mol. The van der Waals surface area contributed by atoms with Crippen LogP contribution in [0.3, 0.4) is 0 Å². The number of carbonyl (C=O) groups is 1. The molecule has 0 atom stereocenters. The first-order chi connectivity index (χ1) is 10.2. The SMILES string of the molecule is CCOc1ccc(OCC(=O)NC2(CO)CCCC2)cc1. The standard InChI is InChI=1S/C16H23NO4/c1-2-20-13-5-7-14(8-6-13)21-11-15(19)17-16(12-18)9-3-4-10-16/h5-8,18H,2-4,9-12H2,1H3,(H,17,19).